The van der Waals surface area contributed by atoms with E-state index in [1.54, 1.807) is 0 Å². The zero-order chi connectivity index (χ0) is 12.5. The lowest BCUT2D eigenvalue weighted by molar-refractivity contribution is 0.0433. The van der Waals surface area contributed by atoms with E-state index >= 15 is 0 Å². The molecule has 1 aromatic carbocycles. The lowest BCUT2D eigenvalue weighted by Gasteiger charge is -2.40. The number of hydrogen-bond acceptors (Lipinski definition) is 2. The largest absolute Gasteiger partial charge is 0.330 e. The Bertz CT molecular complexity index is 417. The Morgan fingerprint density at radius 2 is 1.78 bits per heavy atom. The van der Waals surface area contributed by atoms with Gasteiger partial charge in [0.2, 0.25) is 0 Å². The van der Waals surface area contributed by atoms with Crippen molar-refractivity contribution in [2.75, 3.05) is 19.6 Å². The van der Waals surface area contributed by atoms with Gasteiger partial charge in [-0.05, 0) is 31.5 Å². The van der Waals surface area contributed by atoms with E-state index in [4.69, 9.17) is 0 Å². The molecule has 2 aliphatic rings. The van der Waals surface area contributed by atoms with Gasteiger partial charge in [0.05, 0.1) is 0 Å². The van der Waals surface area contributed by atoms with E-state index in [2.05, 4.69) is 16.7 Å². The van der Waals surface area contributed by atoms with Crippen LogP contribution in [-0.2, 0) is 0 Å². The fraction of sp³-hybridized carbons (Fsp3) is 0.533. The summed E-state index contributed by atoms with van der Waals surface area (Å²) in [5.74, 6) is 0.221. The topological polar surface area (TPSA) is 23.6 Å². The van der Waals surface area contributed by atoms with Crippen LogP contribution in [0.15, 0.2) is 30.3 Å². The summed E-state index contributed by atoms with van der Waals surface area (Å²) in [6, 6.07) is 10.5. The van der Waals surface area contributed by atoms with Crippen LogP contribution in [0.2, 0.25) is 0 Å². The van der Waals surface area contributed by atoms with Gasteiger partial charge in [0.1, 0.15) is 0 Å². The molecule has 2 aliphatic heterocycles. The van der Waals surface area contributed by atoms with Gasteiger partial charge in [-0.15, -0.1) is 0 Å². The Balaban J connectivity index is 1.80. The van der Waals surface area contributed by atoms with Crippen LogP contribution in [0.3, 0.4) is 0 Å². The first-order valence-corrected chi connectivity index (χ1v) is 6.89. The quantitative estimate of drug-likeness (QED) is 0.794. The predicted octanol–water partition coefficient (Wildman–Crippen LogP) is 2.00. The van der Waals surface area contributed by atoms with Crippen LogP contribution in [-0.4, -0.2) is 47.4 Å². The molecular weight excluding hydrogens is 224 g/mol. The summed E-state index contributed by atoms with van der Waals surface area (Å²) in [5.41, 5.74) is 0.833. The molecule has 2 atom stereocenters. The molecule has 0 aromatic heterocycles. The minimum atomic E-state index is 0.221. The van der Waals surface area contributed by atoms with E-state index in [1.165, 1.54) is 12.8 Å². The van der Waals surface area contributed by atoms with Crippen molar-refractivity contribution in [2.45, 2.75) is 31.8 Å². The van der Waals surface area contributed by atoms with Crippen LogP contribution in [0.5, 0.6) is 0 Å². The second kappa shape index (κ2) is 4.73. The summed E-state index contributed by atoms with van der Waals surface area (Å²) >= 11 is 0. The van der Waals surface area contributed by atoms with Crippen LogP contribution in [0.4, 0.5) is 0 Å². The molecule has 96 valence electrons. The lowest BCUT2D eigenvalue weighted by atomic mass is 10.1. The van der Waals surface area contributed by atoms with Crippen LogP contribution in [0.25, 0.3) is 0 Å². The van der Waals surface area contributed by atoms with E-state index in [0.29, 0.717) is 12.1 Å². The second-order valence-corrected chi connectivity index (χ2v) is 5.32. The number of amides is 1. The van der Waals surface area contributed by atoms with Crippen LogP contribution in [0.1, 0.15) is 30.1 Å². The Labute approximate surface area is 108 Å². The molecule has 2 saturated heterocycles. The Hall–Kier alpha value is -1.35. The third-order valence-corrected chi connectivity index (χ3v) is 4.26. The molecule has 0 aliphatic carbocycles. The molecular formula is C15H20N2O. The van der Waals surface area contributed by atoms with Crippen LogP contribution < -0.4 is 0 Å². The van der Waals surface area contributed by atoms with Crippen molar-refractivity contribution >= 4 is 5.91 Å². The molecule has 3 heteroatoms. The maximum absolute atomic E-state index is 12.6. The normalized spacial score (nSPS) is 27.5. The van der Waals surface area contributed by atoms with E-state index in [9.17, 15) is 4.79 Å². The fourth-order valence-corrected chi connectivity index (χ4v) is 3.31. The first-order valence-electron chi connectivity index (χ1n) is 6.89. The third kappa shape index (κ3) is 1.93. The predicted molar refractivity (Wildman–Crippen MR) is 71.5 cm³/mol. The molecule has 1 aromatic rings. The first kappa shape index (κ1) is 11.7. The van der Waals surface area contributed by atoms with Gasteiger partial charge in [-0.1, -0.05) is 25.1 Å². The van der Waals surface area contributed by atoms with E-state index < -0.39 is 0 Å². The summed E-state index contributed by atoms with van der Waals surface area (Å²) in [5, 5.41) is 0. The van der Waals surface area contributed by atoms with Crippen molar-refractivity contribution < 1.29 is 4.79 Å². The van der Waals surface area contributed by atoms with E-state index in [0.717, 1.165) is 25.2 Å². The van der Waals surface area contributed by atoms with Crippen molar-refractivity contribution in [3.63, 3.8) is 0 Å². The minimum Gasteiger partial charge on any atom is -0.330 e. The molecule has 3 rings (SSSR count). The Kier molecular flexibility index (Phi) is 3.08. The summed E-state index contributed by atoms with van der Waals surface area (Å²) in [6.45, 7) is 5.39. The van der Waals surface area contributed by atoms with E-state index in [-0.39, 0.29) is 5.91 Å². The average Bonchev–Trinajstić information content (AvgIpc) is 2.69. The fourth-order valence-electron chi connectivity index (χ4n) is 3.31. The number of fused-ring (bicyclic) bond motifs is 2. The smallest absolute Gasteiger partial charge is 0.254 e. The zero-order valence-electron chi connectivity index (χ0n) is 10.9. The van der Waals surface area contributed by atoms with Crippen molar-refractivity contribution in [3.05, 3.63) is 35.9 Å². The Morgan fingerprint density at radius 3 is 2.33 bits per heavy atom. The van der Waals surface area contributed by atoms with Crippen molar-refractivity contribution in [1.29, 1.82) is 0 Å². The average molecular weight is 244 g/mol. The summed E-state index contributed by atoms with van der Waals surface area (Å²) in [6.07, 6.45) is 2.33. The lowest BCUT2D eigenvalue weighted by Crippen LogP contribution is -2.55. The molecule has 2 fully saturated rings. The number of rotatable bonds is 2. The third-order valence-electron chi connectivity index (χ3n) is 4.26. The molecule has 2 unspecified atom stereocenters. The van der Waals surface area contributed by atoms with E-state index in [1.807, 2.05) is 30.3 Å². The summed E-state index contributed by atoms with van der Waals surface area (Å²) < 4.78 is 0. The highest BCUT2D eigenvalue weighted by Gasteiger charge is 2.42. The number of likely N-dealkylation sites (N-methyl/N-ethyl adjacent to an activating group) is 1. The highest BCUT2D eigenvalue weighted by molar-refractivity contribution is 5.94. The van der Waals surface area contributed by atoms with Crippen LogP contribution in [0, 0.1) is 0 Å². The molecule has 3 nitrogen and oxygen atoms in total. The maximum Gasteiger partial charge on any atom is 0.254 e. The van der Waals surface area contributed by atoms with Gasteiger partial charge in [-0.2, -0.15) is 0 Å². The minimum absolute atomic E-state index is 0.221. The summed E-state index contributed by atoms with van der Waals surface area (Å²) in [4.78, 5) is 17.2. The molecule has 2 heterocycles. The van der Waals surface area contributed by atoms with Crippen molar-refractivity contribution in [3.8, 4) is 0 Å². The first-order chi connectivity index (χ1) is 8.79. The number of likely N-dealkylation sites (tertiary alicyclic amines) is 1. The zero-order valence-corrected chi connectivity index (χ0v) is 10.9. The number of hydrogen-bond donors (Lipinski definition) is 0. The molecule has 0 radical (unpaired) electrons. The second-order valence-electron chi connectivity index (χ2n) is 5.32. The number of carbonyl (C=O) groups excluding carboxylic acids is 1. The molecule has 1 amide bonds. The summed E-state index contributed by atoms with van der Waals surface area (Å²) in [7, 11) is 0. The van der Waals surface area contributed by atoms with Crippen molar-refractivity contribution in [2.24, 2.45) is 0 Å². The van der Waals surface area contributed by atoms with Gasteiger partial charge < -0.3 is 4.90 Å². The van der Waals surface area contributed by atoms with Gasteiger partial charge in [0.15, 0.2) is 0 Å². The highest BCUT2D eigenvalue weighted by atomic mass is 16.2. The maximum atomic E-state index is 12.6. The number of piperazine rings is 1. The monoisotopic (exact) mass is 244 g/mol. The number of nitrogens with zero attached hydrogens (tertiary/aromatic N) is 2. The van der Waals surface area contributed by atoms with Crippen molar-refractivity contribution in [1.82, 2.24) is 9.80 Å². The molecule has 2 bridgehead atoms. The number of benzene rings is 1. The standard InChI is InChI=1S/C15H20N2O/c1-2-16-10-13-8-9-14(11-16)17(13)15(18)12-6-4-3-5-7-12/h3-7,13-14H,2,8-11H2,1H3. The Morgan fingerprint density at radius 1 is 1.17 bits per heavy atom. The molecule has 18 heavy (non-hydrogen) atoms. The van der Waals surface area contributed by atoms with Crippen LogP contribution >= 0.6 is 0 Å². The van der Waals surface area contributed by atoms with Gasteiger partial charge >= 0.3 is 0 Å². The molecule has 0 spiro atoms. The SMILES string of the molecule is CCN1CC2CCC(C1)N2C(=O)c1ccccc1. The van der Waals surface area contributed by atoms with Gasteiger partial charge in [-0.25, -0.2) is 0 Å². The highest BCUT2D eigenvalue weighted by Crippen LogP contribution is 2.31. The van der Waals surface area contributed by atoms with Gasteiger partial charge in [-0.3, -0.25) is 9.69 Å². The molecule has 0 saturated carbocycles. The number of carbonyl (C=O) groups is 1. The molecule has 0 N–H and O–H groups in total. The van der Waals surface area contributed by atoms with Gasteiger partial charge in [0, 0.05) is 30.7 Å². The van der Waals surface area contributed by atoms with Gasteiger partial charge in [0.25, 0.3) is 5.91 Å².